The van der Waals surface area contributed by atoms with Gasteiger partial charge in [-0.25, -0.2) is 13.2 Å². The lowest BCUT2D eigenvalue weighted by molar-refractivity contribution is -0.148. The third-order valence-electron chi connectivity index (χ3n) is 4.95. The van der Waals surface area contributed by atoms with Crippen molar-refractivity contribution >= 4 is 44.1 Å². The van der Waals surface area contributed by atoms with Crippen LogP contribution in [0.15, 0.2) is 65.6 Å². The summed E-state index contributed by atoms with van der Waals surface area (Å²) in [6, 6.07) is 15.3. The summed E-state index contributed by atoms with van der Waals surface area (Å²) in [6.45, 7) is 0. The molecule has 9 nitrogen and oxygen atoms in total. The lowest BCUT2D eigenvalue weighted by atomic mass is 10.1. The van der Waals surface area contributed by atoms with Crippen LogP contribution in [-0.2, 0) is 29.1 Å². The fraction of sp³-hybridized carbons (Fsp3) is 0.217. The Morgan fingerprint density at radius 2 is 1.45 bits per heavy atom. The predicted molar refractivity (Wildman–Crippen MR) is 124 cm³/mol. The van der Waals surface area contributed by atoms with Crippen LogP contribution in [0.3, 0.4) is 0 Å². The molecule has 0 aliphatic heterocycles. The number of hydrogen-bond acceptors (Lipinski definition) is 8. The number of carbonyl (C=O) groups is 2. The molecule has 0 amide bonds. The Hall–Kier alpha value is -3.79. The first-order valence-corrected chi connectivity index (χ1v) is 11.4. The molecular formula is C23H24N2O7S. The van der Waals surface area contributed by atoms with E-state index in [4.69, 9.17) is 9.47 Å². The van der Waals surface area contributed by atoms with Crippen LogP contribution in [0, 0.1) is 0 Å². The van der Waals surface area contributed by atoms with E-state index in [0.717, 1.165) is 0 Å². The van der Waals surface area contributed by atoms with Gasteiger partial charge < -0.3 is 19.5 Å². The van der Waals surface area contributed by atoms with Gasteiger partial charge in [-0.1, -0.05) is 24.3 Å². The molecule has 33 heavy (non-hydrogen) atoms. The van der Waals surface area contributed by atoms with Crippen molar-refractivity contribution in [2.24, 2.45) is 0 Å². The highest BCUT2D eigenvalue weighted by Crippen LogP contribution is 2.32. The summed E-state index contributed by atoms with van der Waals surface area (Å²) >= 11 is 0. The van der Waals surface area contributed by atoms with Crippen LogP contribution < -0.4 is 14.8 Å². The number of nitrogens with one attached hydrogen (secondary N) is 2. The molecule has 1 atom stereocenters. The van der Waals surface area contributed by atoms with Gasteiger partial charge >= 0.3 is 11.9 Å². The maximum Gasteiger partial charge on any atom is 0.328 e. The Kier molecular flexibility index (Phi) is 7.39. The molecule has 0 aromatic heterocycles. The molecule has 0 saturated heterocycles. The monoisotopic (exact) mass is 472 g/mol. The van der Waals surface area contributed by atoms with Crippen LogP contribution in [-0.4, -0.2) is 47.7 Å². The van der Waals surface area contributed by atoms with E-state index in [2.05, 4.69) is 14.8 Å². The van der Waals surface area contributed by atoms with Crippen molar-refractivity contribution in [2.75, 3.05) is 31.4 Å². The molecular weight excluding hydrogens is 448 g/mol. The standard InChI is InChI=1S/C23H24N2O7S/c1-30-15-8-10-16(11-9-15)33(28,29)25-20-13-12-19(17-6-4-5-7-18(17)20)24-21(23(27)32-3)14-22(26)31-2/h4-13,21,24-25H,14H2,1-3H3/t21-/m0/s1. The number of sulfonamides is 1. The normalized spacial score (nSPS) is 12.0. The lowest BCUT2D eigenvalue weighted by Crippen LogP contribution is -2.33. The summed E-state index contributed by atoms with van der Waals surface area (Å²) in [5.74, 6) is -0.665. The number of anilines is 2. The van der Waals surface area contributed by atoms with E-state index in [1.165, 1.54) is 33.5 Å². The van der Waals surface area contributed by atoms with Crippen molar-refractivity contribution in [1.29, 1.82) is 0 Å². The number of carbonyl (C=O) groups excluding carboxylic acids is 2. The molecule has 0 aliphatic carbocycles. The van der Waals surface area contributed by atoms with Gasteiger partial charge in [-0.2, -0.15) is 0 Å². The molecule has 0 heterocycles. The molecule has 3 rings (SSSR count). The molecule has 174 valence electrons. The van der Waals surface area contributed by atoms with Crippen molar-refractivity contribution in [3.05, 3.63) is 60.7 Å². The van der Waals surface area contributed by atoms with Crippen molar-refractivity contribution in [3.8, 4) is 5.75 Å². The zero-order valence-corrected chi connectivity index (χ0v) is 19.1. The number of rotatable bonds is 9. The number of methoxy groups -OCH3 is 3. The summed E-state index contributed by atoms with van der Waals surface area (Å²) in [6.07, 6.45) is -0.233. The number of esters is 2. The fourth-order valence-corrected chi connectivity index (χ4v) is 4.33. The Morgan fingerprint density at radius 3 is 2.03 bits per heavy atom. The lowest BCUT2D eigenvalue weighted by Gasteiger charge is -2.19. The van der Waals surface area contributed by atoms with E-state index in [1.807, 2.05) is 0 Å². The first-order valence-electron chi connectivity index (χ1n) is 9.89. The van der Waals surface area contributed by atoms with Gasteiger partial charge in [0.1, 0.15) is 11.8 Å². The number of fused-ring (bicyclic) bond motifs is 1. The molecule has 0 unspecified atom stereocenters. The maximum atomic E-state index is 12.9. The van der Waals surface area contributed by atoms with Gasteiger partial charge in [-0.05, 0) is 36.4 Å². The van der Waals surface area contributed by atoms with E-state index in [-0.39, 0.29) is 11.3 Å². The van der Waals surface area contributed by atoms with Gasteiger partial charge in [0.2, 0.25) is 0 Å². The van der Waals surface area contributed by atoms with E-state index in [0.29, 0.717) is 27.9 Å². The number of ether oxygens (including phenoxy) is 3. The minimum atomic E-state index is -3.86. The first kappa shape index (κ1) is 23.9. The van der Waals surface area contributed by atoms with E-state index in [1.54, 1.807) is 48.5 Å². The summed E-state index contributed by atoms with van der Waals surface area (Å²) in [7, 11) is 0.0934. The third-order valence-corrected chi connectivity index (χ3v) is 6.33. The smallest absolute Gasteiger partial charge is 0.328 e. The third kappa shape index (κ3) is 5.53. The second kappa shape index (κ2) is 10.2. The van der Waals surface area contributed by atoms with Gasteiger partial charge in [0.05, 0.1) is 38.3 Å². The molecule has 0 aliphatic rings. The second-order valence-corrected chi connectivity index (χ2v) is 8.67. The topological polar surface area (TPSA) is 120 Å². The van der Waals surface area contributed by atoms with Crippen LogP contribution in [0.2, 0.25) is 0 Å². The molecule has 0 bridgehead atoms. The van der Waals surface area contributed by atoms with E-state index < -0.39 is 28.0 Å². The Labute approximate surface area is 191 Å². The van der Waals surface area contributed by atoms with Gasteiger partial charge in [-0.15, -0.1) is 0 Å². The van der Waals surface area contributed by atoms with E-state index >= 15 is 0 Å². The highest BCUT2D eigenvalue weighted by atomic mass is 32.2. The maximum absolute atomic E-state index is 12.9. The quantitative estimate of drug-likeness (QED) is 0.456. The summed E-state index contributed by atoms with van der Waals surface area (Å²) in [4.78, 5) is 24.0. The van der Waals surface area contributed by atoms with Crippen molar-refractivity contribution < 1.29 is 32.2 Å². The molecule has 3 aromatic carbocycles. The average Bonchev–Trinajstić information content (AvgIpc) is 2.84. The van der Waals surface area contributed by atoms with Crippen molar-refractivity contribution in [3.63, 3.8) is 0 Å². The van der Waals surface area contributed by atoms with Gasteiger partial charge in [0.15, 0.2) is 0 Å². The van der Waals surface area contributed by atoms with Crippen LogP contribution >= 0.6 is 0 Å². The predicted octanol–water partition coefficient (Wildman–Crippen LogP) is 3.17. The SMILES string of the molecule is COC(=O)C[C@H](Nc1ccc(NS(=O)(=O)c2ccc(OC)cc2)c2ccccc12)C(=O)OC. The summed E-state index contributed by atoms with van der Waals surface area (Å²) < 4.78 is 43.0. The van der Waals surface area contributed by atoms with Crippen LogP contribution in [0.1, 0.15) is 6.42 Å². The van der Waals surface area contributed by atoms with Crippen LogP contribution in [0.25, 0.3) is 10.8 Å². The van der Waals surface area contributed by atoms with Gasteiger partial charge in [0, 0.05) is 16.5 Å². The number of hydrogen-bond donors (Lipinski definition) is 2. The summed E-state index contributed by atoms with van der Waals surface area (Å²) in [5.41, 5.74) is 0.881. The molecule has 0 fully saturated rings. The number of benzene rings is 3. The molecule has 0 radical (unpaired) electrons. The largest absolute Gasteiger partial charge is 0.497 e. The Balaban J connectivity index is 1.96. The molecule has 0 saturated carbocycles. The average molecular weight is 473 g/mol. The second-order valence-electron chi connectivity index (χ2n) is 6.99. The molecule has 10 heteroatoms. The van der Waals surface area contributed by atoms with E-state index in [9.17, 15) is 18.0 Å². The molecule has 0 spiro atoms. The van der Waals surface area contributed by atoms with Crippen molar-refractivity contribution in [2.45, 2.75) is 17.4 Å². The zero-order chi connectivity index (χ0) is 24.0. The van der Waals surface area contributed by atoms with Crippen molar-refractivity contribution in [1.82, 2.24) is 0 Å². The molecule has 3 aromatic rings. The van der Waals surface area contributed by atoms with Gasteiger partial charge in [0.25, 0.3) is 10.0 Å². The fourth-order valence-electron chi connectivity index (χ4n) is 3.25. The minimum Gasteiger partial charge on any atom is -0.497 e. The minimum absolute atomic E-state index is 0.0819. The Bertz CT molecular complexity index is 1260. The first-order chi connectivity index (χ1) is 15.8. The van der Waals surface area contributed by atoms with Crippen LogP contribution in [0.4, 0.5) is 11.4 Å². The Morgan fingerprint density at radius 1 is 0.848 bits per heavy atom. The van der Waals surface area contributed by atoms with Crippen LogP contribution in [0.5, 0.6) is 5.75 Å². The highest BCUT2D eigenvalue weighted by Gasteiger charge is 2.24. The highest BCUT2D eigenvalue weighted by molar-refractivity contribution is 7.92. The summed E-state index contributed by atoms with van der Waals surface area (Å²) in [5, 5.41) is 4.25. The van der Waals surface area contributed by atoms with Gasteiger partial charge in [-0.3, -0.25) is 9.52 Å². The molecule has 2 N–H and O–H groups in total. The zero-order valence-electron chi connectivity index (χ0n) is 18.3.